The first-order chi connectivity index (χ1) is 13.7. The lowest BCUT2D eigenvalue weighted by Crippen LogP contribution is -2.42. The average molecular weight is 520 g/mol. The predicted molar refractivity (Wildman–Crippen MR) is 129 cm³/mol. The largest absolute Gasteiger partial charge is 0.496 e. The molecule has 2 N–H and O–H groups in total. The molecule has 1 aliphatic rings. The van der Waals surface area contributed by atoms with Gasteiger partial charge in [0.2, 0.25) is 0 Å². The molecular weight excluding hydrogens is 483 g/mol. The zero-order chi connectivity index (χ0) is 20.2. The fourth-order valence-corrected chi connectivity index (χ4v) is 3.27. The van der Waals surface area contributed by atoms with Gasteiger partial charge in [-0.1, -0.05) is 18.2 Å². The summed E-state index contributed by atoms with van der Waals surface area (Å²) in [6, 6.07) is 8.31. The van der Waals surface area contributed by atoms with Crippen LogP contribution in [0.4, 0.5) is 0 Å². The van der Waals surface area contributed by atoms with Crippen LogP contribution in [-0.2, 0) is 9.47 Å². The molecule has 0 aliphatic carbocycles. The topological polar surface area (TPSA) is 67.4 Å². The van der Waals surface area contributed by atoms with E-state index < -0.39 is 0 Å². The number of nitrogens with zero attached hydrogens (tertiary/aromatic N) is 2. The number of methoxy groups -OCH3 is 1. The highest BCUT2D eigenvalue weighted by molar-refractivity contribution is 14.0. The van der Waals surface area contributed by atoms with Crippen LogP contribution < -0.4 is 15.4 Å². The monoisotopic (exact) mass is 520 g/mol. The third-order valence-corrected chi connectivity index (χ3v) is 4.94. The lowest BCUT2D eigenvalue weighted by Gasteiger charge is -2.27. The summed E-state index contributed by atoms with van der Waals surface area (Å²) in [5.74, 6) is 2.27. The van der Waals surface area contributed by atoms with Gasteiger partial charge in [-0.25, -0.2) is 0 Å². The van der Waals surface area contributed by atoms with Gasteiger partial charge in [-0.05, 0) is 33.0 Å². The summed E-state index contributed by atoms with van der Waals surface area (Å²) in [4.78, 5) is 6.50. The number of hydrogen-bond acceptors (Lipinski definition) is 5. The zero-order valence-corrected chi connectivity index (χ0v) is 20.5. The van der Waals surface area contributed by atoms with E-state index in [1.54, 1.807) is 14.2 Å². The van der Waals surface area contributed by atoms with Crippen LogP contribution in [0.15, 0.2) is 29.3 Å². The number of likely N-dealkylation sites (N-methyl/N-ethyl adjacent to an activating group) is 1. The minimum absolute atomic E-state index is 0. The molecule has 29 heavy (non-hydrogen) atoms. The number of nitrogens with one attached hydrogen (secondary N) is 2. The van der Waals surface area contributed by atoms with Crippen LogP contribution in [0.1, 0.15) is 24.4 Å². The van der Waals surface area contributed by atoms with Gasteiger partial charge in [-0.2, -0.15) is 0 Å². The van der Waals surface area contributed by atoms with E-state index in [-0.39, 0.29) is 30.0 Å². The molecule has 2 atom stereocenters. The number of rotatable bonds is 11. The SMILES string of the molecule is CN=C(NCCCOCC1CCOC1)NCC(c1ccccc1OC)N(C)C.I. The summed E-state index contributed by atoms with van der Waals surface area (Å²) in [7, 11) is 7.64. The molecule has 2 rings (SSSR count). The van der Waals surface area contributed by atoms with Crippen molar-refractivity contribution in [1.29, 1.82) is 0 Å². The summed E-state index contributed by atoms with van der Waals surface area (Å²) in [6.45, 7) is 4.82. The number of para-hydroxylation sites is 1. The summed E-state index contributed by atoms with van der Waals surface area (Å²) in [6.07, 6.45) is 2.06. The second-order valence-corrected chi connectivity index (χ2v) is 7.26. The van der Waals surface area contributed by atoms with Crippen LogP contribution in [0.3, 0.4) is 0 Å². The second-order valence-electron chi connectivity index (χ2n) is 7.26. The van der Waals surface area contributed by atoms with Crippen LogP contribution >= 0.6 is 24.0 Å². The van der Waals surface area contributed by atoms with E-state index in [1.165, 1.54) is 0 Å². The Morgan fingerprint density at radius 1 is 1.31 bits per heavy atom. The van der Waals surface area contributed by atoms with Crippen LogP contribution in [0.5, 0.6) is 5.75 Å². The van der Waals surface area contributed by atoms with E-state index in [4.69, 9.17) is 14.2 Å². The Morgan fingerprint density at radius 3 is 2.76 bits per heavy atom. The van der Waals surface area contributed by atoms with E-state index in [0.29, 0.717) is 5.92 Å². The quantitative estimate of drug-likeness (QED) is 0.202. The van der Waals surface area contributed by atoms with Crippen molar-refractivity contribution in [2.24, 2.45) is 10.9 Å². The number of hydrogen-bond donors (Lipinski definition) is 2. The molecule has 1 saturated heterocycles. The Morgan fingerprint density at radius 2 is 2.10 bits per heavy atom. The summed E-state index contributed by atoms with van der Waals surface area (Å²) >= 11 is 0. The first-order valence-corrected chi connectivity index (χ1v) is 10.0. The van der Waals surface area contributed by atoms with Crippen molar-refractivity contribution in [3.05, 3.63) is 29.8 Å². The third kappa shape index (κ3) is 9.06. The molecule has 166 valence electrons. The first kappa shape index (κ1) is 25.9. The Bertz CT molecular complexity index is 595. The van der Waals surface area contributed by atoms with Gasteiger partial charge in [-0.3, -0.25) is 4.99 Å². The Labute approximate surface area is 192 Å². The van der Waals surface area contributed by atoms with Gasteiger partial charge in [0, 0.05) is 44.8 Å². The number of guanidine groups is 1. The van der Waals surface area contributed by atoms with Crippen molar-refractivity contribution in [1.82, 2.24) is 15.5 Å². The van der Waals surface area contributed by atoms with Crippen molar-refractivity contribution >= 4 is 29.9 Å². The summed E-state index contributed by atoms with van der Waals surface area (Å²) in [5, 5.41) is 6.78. The van der Waals surface area contributed by atoms with Gasteiger partial charge in [-0.15, -0.1) is 24.0 Å². The zero-order valence-electron chi connectivity index (χ0n) is 18.1. The van der Waals surface area contributed by atoms with Gasteiger partial charge < -0.3 is 29.7 Å². The molecule has 1 aromatic carbocycles. The second kappa shape index (κ2) is 14.8. The van der Waals surface area contributed by atoms with Crippen molar-refractivity contribution < 1.29 is 14.2 Å². The maximum Gasteiger partial charge on any atom is 0.191 e. The van der Waals surface area contributed by atoms with Gasteiger partial charge >= 0.3 is 0 Å². The van der Waals surface area contributed by atoms with Crippen LogP contribution in [0, 0.1) is 5.92 Å². The van der Waals surface area contributed by atoms with E-state index in [1.807, 2.05) is 18.2 Å². The van der Waals surface area contributed by atoms with Crippen molar-refractivity contribution in [3.63, 3.8) is 0 Å². The number of aliphatic imine (C=N–C) groups is 1. The lowest BCUT2D eigenvalue weighted by atomic mass is 10.0. The molecule has 0 amide bonds. The molecule has 0 aromatic heterocycles. The highest BCUT2D eigenvalue weighted by atomic mass is 127. The van der Waals surface area contributed by atoms with Gasteiger partial charge in [0.15, 0.2) is 5.96 Å². The molecule has 1 fully saturated rings. The van der Waals surface area contributed by atoms with Crippen LogP contribution in [-0.4, -0.2) is 78.6 Å². The van der Waals surface area contributed by atoms with E-state index in [9.17, 15) is 0 Å². The molecule has 1 heterocycles. The van der Waals surface area contributed by atoms with Gasteiger partial charge in [0.25, 0.3) is 0 Å². The summed E-state index contributed by atoms with van der Waals surface area (Å²) < 4.78 is 16.6. The van der Waals surface area contributed by atoms with Gasteiger partial charge in [0.05, 0.1) is 26.4 Å². The minimum Gasteiger partial charge on any atom is -0.496 e. The molecule has 1 aromatic rings. The molecule has 7 nitrogen and oxygen atoms in total. The fraction of sp³-hybridized carbons (Fsp3) is 0.667. The van der Waals surface area contributed by atoms with Crippen molar-refractivity contribution in [2.45, 2.75) is 18.9 Å². The van der Waals surface area contributed by atoms with E-state index in [2.05, 4.69) is 40.7 Å². The minimum atomic E-state index is 0. The Balaban J connectivity index is 0.00000420. The molecule has 0 bridgehead atoms. The van der Waals surface area contributed by atoms with Gasteiger partial charge in [0.1, 0.15) is 5.75 Å². The lowest BCUT2D eigenvalue weighted by molar-refractivity contribution is 0.0888. The highest BCUT2D eigenvalue weighted by Gasteiger charge is 2.18. The van der Waals surface area contributed by atoms with Crippen LogP contribution in [0.25, 0.3) is 0 Å². The maximum absolute atomic E-state index is 5.75. The summed E-state index contributed by atoms with van der Waals surface area (Å²) in [5.41, 5.74) is 1.15. The van der Waals surface area contributed by atoms with E-state index >= 15 is 0 Å². The normalized spacial score (nSPS) is 17.7. The molecule has 2 unspecified atom stereocenters. The highest BCUT2D eigenvalue weighted by Crippen LogP contribution is 2.27. The number of benzene rings is 1. The fourth-order valence-electron chi connectivity index (χ4n) is 3.27. The third-order valence-electron chi connectivity index (χ3n) is 4.94. The molecule has 8 heteroatoms. The van der Waals surface area contributed by atoms with Crippen molar-refractivity contribution in [3.8, 4) is 5.75 Å². The predicted octanol–water partition coefficient (Wildman–Crippen LogP) is 2.52. The maximum atomic E-state index is 5.75. The number of ether oxygens (including phenoxy) is 3. The molecule has 0 saturated carbocycles. The molecule has 0 radical (unpaired) electrons. The molecule has 1 aliphatic heterocycles. The van der Waals surface area contributed by atoms with Crippen molar-refractivity contribution in [2.75, 3.05) is 67.8 Å². The molecular formula is C21H37IN4O3. The van der Waals surface area contributed by atoms with Crippen LogP contribution in [0.2, 0.25) is 0 Å². The Hall–Kier alpha value is -1.10. The first-order valence-electron chi connectivity index (χ1n) is 10.0. The number of halogens is 1. The molecule has 0 spiro atoms. The smallest absolute Gasteiger partial charge is 0.191 e. The average Bonchev–Trinajstić information content (AvgIpc) is 3.22. The van der Waals surface area contributed by atoms with E-state index in [0.717, 1.165) is 69.6 Å². The standard InChI is InChI=1S/C21H36N4O3.HI/c1-22-21(23-11-7-12-27-15-17-10-13-28-16-17)24-14-19(25(2)3)18-8-5-6-9-20(18)26-4;/h5-6,8-9,17,19H,7,10-16H2,1-4H3,(H2,22,23,24);1H. The Kier molecular flexibility index (Phi) is 13.2.